The van der Waals surface area contributed by atoms with E-state index in [2.05, 4.69) is 35.6 Å². The van der Waals surface area contributed by atoms with Gasteiger partial charge in [0.05, 0.1) is 7.11 Å². The van der Waals surface area contributed by atoms with Crippen molar-refractivity contribution in [3.63, 3.8) is 0 Å². The van der Waals surface area contributed by atoms with E-state index in [1.54, 1.807) is 7.11 Å². The van der Waals surface area contributed by atoms with Crippen molar-refractivity contribution < 1.29 is 9.53 Å². The van der Waals surface area contributed by atoms with Crippen LogP contribution in [0.2, 0.25) is 0 Å². The van der Waals surface area contributed by atoms with Gasteiger partial charge < -0.3 is 10.1 Å². The zero-order chi connectivity index (χ0) is 15.1. The third-order valence-electron chi connectivity index (χ3n) is 5.02. The lowest BCUT2D eigenvalue weighted by Gasteiger charge is -2.27. The van der Waals surface area contributed by atoms with Crippen molar-refractivity contribution in [2.24, 2.45) is 5.92 Å². The molecule has 3 heteroatoms. The van der Waals surface area contributed by atoms with E-state index in [4.69, 9.17) is 4.74 Å². The quantitative estimate of drug-likeness (QED) is 0.938. The molecule has 1 atom stereocenters. The molecule has 114 valence electrons. The van der Waals surface area contributed by atoms with Gasteiger partial charge in [0.15, 0.2) is 0 Å². The van der Waals surface area contributed by atoms with Crippen molar-refractivity contribution in [2.75, 3.05) is 13.7 Å². The van der Waals surface area contributed by atoms with Crippen molar-refractivity contribution in [1.29, 1.82) is 0 Å². The summed E-state index contributed by atoms with van der Waals surface area (Å²) >= 11 is 0. The van der Waals surface area contributed by atoms with Gasteiger partial charge in [0.1, 0.15) is 5.75 Å². The second-order valence-electron chi connectivity index (χ2n) is 6.45. The van der Waals surface area contributed by atoms with Crippen LogP contribution < -0.4 is 10.1 Å². The molecular weight excluding hydrogens is 274 g/mol. The van der Waals surface area contributed by atoms with Gasteiger partial charge in [0, 0.05) is 23.9 Å². The van der Waals surface area contributed by atoms with Gasteiger partial charge in [-0.3, -0.25) is 4.79 Å². The summed E-state index contributed by atoms with van der Waals surface area (Å²) in [6.07, 6.45) is 4.21. The van der Waals surface area contributed by atoms with Crippen LogP contribution in [-0.4, -0.2) is 19.6 Å². The molecule has 0 aromatic heterocycles. The van der Waals surface area contributed by atoms with Crippen LogP contribution in [0, 0.1) is 5.92 Å². The number of ether oxygens (including phenoxy) is 1. The standard InChI is InChI=1S/C19H21NO2/c1-22-17-10-8-12-3-2-4-15-14(7-9-16(17)18(12)15)11-20-19(21)13-5-6-13/h2-4,8,10,13-14H,5-7,9,11H2,1H3,(H,20,21). The molecule has 0 radical (unpaired) electrons. The molecule has 1 N–H and O–H groups in total. The monoisotopic (exact) mass is 295 g/mol. The summed E-state index contributed by atoms with van der Waals surface area (Å²) in [5.41, 5.74) is 2.68. The van der Waals surface area contributed by atoms with Crippen LogP contribution in [-0.2, 0) is 11.2 Å². The number of rotatable bonds is 4. The molecule has 2 aliphatic carbocycles. The summed E-state index contributed by atoms with van der Waals surface area (Å²) in [5.74, 6) is 1.92. The summed E-state index contributed by atoms with van der Waals surface area (Å²) in [6.45, 7) is 0.755. The Hall–Kier alpha value is -2.03. The Balaban J connectivity index is 1.67. The normalized spacial score (nSPS) is 20.0. The number of hydrogen-bond donors (Lipinski definition) is 1. The second-order valence-corrected chi connectivity index (χ2v) is 6.45. The Bertz CT molecular complexity index is 734. The highest BCUT2D eigenvalue weighted by Gasteiger charge is 2.30. The van der Waals surface area contributed by atoms with Gasteiger partial charge in [-0.15, -0.1) is 0 Å². The fourth-order valence-corrected chi connectivity index (χ4v) is 3.64. The van der Waals surface area contributed by atoms with Gasteiger partial charge in [-0.25, -0.2) is 0 Å². The molecule has 1 saturated carbocycles. The molecule has 2 aromatic carbocycles. The number of methoxy groups -OCH3 is 1. The molecule has 22 heavy (non-hydrogen) atoms. The van der Waals surface area contributed by atoms with Crippen molar-refractivity contribution in [2.45, 2.75) is 31.6 Å². The van der Waals surface area contributed by atoms with Gasteiger partial charge in [0.2, 0.25) is 5.91 Å². The SMILES string of the molecule is COc1ccc2cccc3c2c1CCC3CNC(=O)C1CC1. The number of amides is 1. The maximum absolute atomic E-state index is 11.9. The molecular formula is C19H21NO2. The predicted molar refractivity (Wildman–Crippen MR) is 87.3 cm³/mol. The van der Waals surface area contributed by atoms with Crippen LogP contribution in [0.15, 0.2) is 30.3 Å². The van der Waals surface area contributed by atoms with E-state index in [1.165, 1.54) is 21.9 Å². The molecule has 0 bridgehead atoms. The Labute approximate surface area is 130 Å². The molecule has 4 rings (SSSR count). The molecule has 1 fully saturated rings. The van der Waals surface area contributed by atoms with Crippen LogP contribution in [0.5, 0.6) is 5.75 Å². The summed E-state index contributed by atoms with van der Waals surface area (Å²) in [6, 6.07) is 10.7. The maximum atomic E-state index is 11.9. The Morgan fingerprint density at radius 2 is 2.09 bits per heavy atom. The molecule has 0 aliphatic heterocycles. The predicted octanol–water partition coefficient (Wildman–Crippen LogP) is 3.40. The minimum Gasteiger partial charge on any atom is -0.496 e. The van der Waals surface area contributed by atoms with Gasteiger partial charge >= 0.3 is 0 Å². The summed E-state index contributed by atoms with van der Waals surface area (Å²) in [5, 5.41) is 5.75. The Morgan fingerprint density at radius 3 is 2.86 bits per heavy atom. The van der Waals surface area contributed by atoms with Crippen LogP contribution >= 0.6 is 0 Å². The van der Waals surface area contributed by atoms with Gasteiger partial charge in [-0.2, -0.15) is 0 Å². The van der Waals surface area contributed by atoms with Crippen molar-refractivity contribution in [1.82, 2.24) is 5.32 Å². The highest BCUT2D eigenvalue weighted by atomic mass is 16.5. The van der Waals surface area contributed by atoms with Crippen molar-refractivity contribution >= 4 is 16.7 Å². The molecule has 2 aromatic rings. The number of hydrogen-bond acceptors (Lipinski definition) is 2. The third-order valence-corrected chi connectivity index (χ3v) is 5.02. The molecule has 1 amide bonds. The van der Waals surface area contributed by atoms with Crippen LogP contribution in [0.1, 0.15) is 36.3 Å². The minimum absolute atomic E-state index is 0.239. The lowest BCUT2D eigenvalue weighted by atomic mass is 9.81. The first-order valence-corrected chi connectivity index (χ1v) is 8.14. The average molecular weight is 295 g/mol. The molecule has 1 unspecified atom stereocenters. The minimum atomic E-state index is 0.239. The van der Waals surface area contributed by atoms with Crippen LogP contribution in [0.25, 0.3) is 10.8 Å². The first-order valence-electron chi connectivity index (χ1n) is 8.14. The lowest BCUT2D eigenvalue weighted by molar-refractivity contribution is -0.122. The van der Waals surface area contributed by atoms with E-state index in [0.717, 1.165) is 38.0 Å². The second kappa shape index (κ2) is 5.31. The molecule has 2 aliphatic rings. The highest BCUT2D eigenvalue weighted by Crippen LogP contribution is 2.40. The fourth-order valence-electron chi connectivity index (χ4n) is 3.64. The summed E-state index contributed by atoms with van der Waals surface area (Å²) in [4.78, 5) is 11.9. The largest absolute Gasteiger partial charge is 0.496 e. The number of benzene rings is 2. The van der Waals surface area contributed by atoms with Crippen LogP contribution in [0.3, 0.4) is 0 Å². The lowest BCUT2D eigenvalue weighted by Crippen LogP contribution is -2.30. The first kappa shape index (κ1) is 13.6. The highest BCUT2D eigenvalue weighted by molar-refractivity contribution is 5.92. The molecule has 0 spiro atoms. The zero-order valence-electron chi connectivity index (χ0n) is 12.9. The van der Waals surface area contributed by atoms with E-state index >= 15 is 0 Å². The number of aryl methyl sites for hydroxylation is 1. The van der Waals surface area contributed by atoms with E-state index in [1.807, 2.05) is 0 Å². The average Bonchev–Trinajstić information content (AvgIpc) is 3.39. The maximum Gasteiger partial charge on any atom is 0.223 e. The molecule has 3 nitrogen and oxygen atoms in total. The van der Waals surface area contributed by atoms with Crippen molar-refractivity contribution in [3.05, 3.63) is 41.5 Å². The van der Waals surface area contributed by atoms with E-state index in [0.29, 0.717) is 5.92 Å². The molecule has 0 saturated heterocycles. The van der Waals surface area contributed by atoms with Gasteiger partial charge in [-0.05, 0) is 48.1 Å². The van der Waals surface area contributed by atoms with Crippen LogP contribution in [0.4, 0.5) is 0 Å². The Morgan fingerprint density at radius 1 is 1.23 bits per heavy atom. The number of carbonyl (C=O) groups is 1. The molecule has 0 heterocycles. The Kier molecular flexibility index (Phi) is 3.29. The first-order chi connectivity index (χ1) is 10.8. The van der Waals surface area contributed by atoms with Gasteiger partial charge in [0.25, 0.3) is 0 Å². The zero-order valence-corrected chi connectivity index (χ0v) is 12.9. The topological polar surface area (TPSA) is 38.3 Å². The smallest absolute Gasteiger partial charge is 0.223 e. The third kappa shape index (κ3) is 2.25. The fraction of sp³-hybridized carbons (Fsp3) is 0.421. The van der Waals surface area contributed by atoms with E-state index < -0.39 is 0 Å². The van der Waals surface area contributed by atoms with Crippen molar-refractivity contribution in [3.8, 4) is 5.75 Å². The number of nitrogens with one attached hydrogen (secondary N) is 1. The van der Waals surface area contributed by atoms with E-state index in [-0.39, 0.29) is 11.8 Å². The van der Waals surface area contributed by atoms with Gasteiger partial charge in [-0.1, -0.05) is 24.3 Å². The van der Waals surface area contributed by atoms with E-state index in [9.17, 15) is 4.79 Å². The summed E-state index contributed by atoms with van der Waals surface area (Å²) < 4.78 is 5.54. The summed E-state index contributed by atoms with van der Waals surface area (Å²) in [7, 11) is 1.74. The number of carbonyl (C=O) groups excluding carboxylic acids is 1.